The summed E-state index contributed by atoms with van der Waals surface area (Å²) < 4.78 is 12.5. The van der Waals surface area contributed by atoms with Crippen molar-refractivity contribution in [1.29, 1.82) is 0 Å². The molecule has 33 heavy (non-hydrogen) atoms. The third-order valence-corrected chi connectivity index (χ3v) is 7.45. The zero-order chi connectivity index (χ0) is 22.2. The number of benzene rings is 1. The molecule has 2 atom stereocenters. The van der Waals surface area contributed by atoms with Crippen molar-refractivity contribution < 1.29 is 9.47 Å². The van der Waals surface area contributed by atoms with Crippen LogP contribution < -0.4 is 5.32 Å². The highest BCUT2D eigenvalue weighted by Gasteiger charge is 2.28. The monoisotopic (exact) mass is 569 g/mol. The number of nitrogens with zero attached hydrogens (tertiary/aromatic N) is 2. The van der Waals surface area contributed by atoms with Gasteiger partial charge in [0.25, 0.3) is 0 Å². The fourth-order valence-electron chi connectivity index (χ4n) is 5.47. The van der Waals surface area contributed by atoms with Crippen molar-refractivity contribution in [2.45, 2.75) is 77.4 Å². The molecule has 0 spiro atoms. The number of rotatable bonds is 7. The van der Waals surface area contributed by atoms with Crippen molar-refractivity contribution in [2.24, 2.45) is 16.8 Å². The molecule has 2 heterocycles. The Kier molecular flexibility index (Phi) is 11.2. The normalized spacial score (nSPS) is 25.2. The summed E-state index contributed by atoms with van der Waals surface area (Å²) in [6, 6.07) is 8.83. The van der Waals surface area contributed by atoms with Gasteiger partial charge in [-0.05, 0) is 63.9 Å². The van der Waals surface area contributed by atoms with E-state index in [0.717, 1.165) is 70.5 Å². The van der Waals surface area contributed by atoms with Gasteiger partial charge in [-0.25, -0.2) is 0 Å². The summed E-state index contributed by atoms with van der Waals surface area (Å²) in [5.41, 5.74) is 2.59. The van der Waals surface area contributed by atoms with E-state index >= 15 is 0 Å². The van der Waals surface area contributed by atoms with Crippen LogP contribution in [0.4, 0.5) is 0 Å². The number of guanidine groups is 1. The Bertz CT molecular complexity index is 713. The fourth-order valence-corrected chi connectivity index (χ4v) is 5.47. The number of halogens is 1. The van der Waals surface area contributed by atoms with Crippen LogP contribution in [0.5, 0.6) is 0 Å². The van der Waals surface area contributed by atoms with Gasteiger partial charge in [0.15, 0.2) is 5.96 Å². The molecule has 186 valence electrons. The van der Waals surface area contributed by atoms with Crippen molar-refractivity contribution in [3.63, 3.8) is 0 Å². The van der Waals surface area contributed by atoms with E-state index in [1.807, 2.05) is 0 Å². The summed E-state index contributed by atoms with van der Waals surface area (Å²) in [4.78, 5) is 7.53. The lowest BCUT2D eigenvalue weighted by molar-refractivity contribution is -0.0251. The van der Waals surface area contributed by atoms with Crippen LogP contribution in [-0.4, -0.2) is 56.4 Å². The number of aliphatic imine (C=N–C) groups is 1. The van der Waals surface area contributed by atoms with Gasteiger partial charge < -0.3 is 19.7 Å². The molecule has 0 amide bonds. The van der Waals surface area contributed by atoms with E-state index in [0.29, 0.717) is 12.0 Å². The minimum Gasteiger partial charge on any atom is -0.378 e. The number of likely N-dealkylation sites (tertiary alicyclic amines) is 1. The van der Waals surface area contributed by atoms with Gasteiger partial charge in [-0.15, -0.1) is 24.0 Å². The first-order valence-corrected chi connectivity index (χ1v) is 13.1. The number of hydrogen-bond donors (Lipinski definition) is 1. The minimum atomic E-state index is 0. The molecule has 3 fully saturated rings. The highest BCUT2D eigenvalue weighted by atomic mass is 127. The lowest BCUT2D eigenvalue weighted by Crippen LogP contribution is -2.47. The van der Waals surface area contributed by atoms with Crippen molar-refractivity contribution in [3.05, 3.63) is 35.4 Å². The van der Waals surface area contributed by atoms with Crippen LogP contribution in [0, 0.1) is 18.8 Å². The second-order valence-electron chi connectivity index (χ2n) is 9.97. The summed E-state index contributed by atoms with van der Waals surface area (Å²) >= 11 is 0. The smallest absolute Gasteiger partial charge is 0.193 e. The maximum Gasteiger partial charge on any atom is 0.193 e. The van der Waals surface area contributed by atoms with E-state index in [9.17, 15) is 0 Å². The molecule has 1 N–H and O–H groups in total. The van der Waals surface area contributed by atoms with Gasteiger partial charge >= 0.3 is 0 Å². The number of hydrogen-bond acceptors (Lipinski definition) is 3. The Morgan fingerprint density at radius 3 is 2.48 bits per heavy atom. The molecule has 2 saturated heterocycles. The summed E-state index contributed by atoms with van der Waals surface area (Å²) in [5.74, 6) is 2.31. The second kappa shape index (κ2) is 13.9. The Hall–Kier alpha value is -0.860. The molecule has 6 heteroatoms. The Labute approximate surface area is 218 Å². The molecule has 0 radical (unpaired) electrons. The molecule has 2 unspecified atom stereocenters. The second-order valence-corrected chi connectivity index (χ2v) is 9.97. The predicted octanol–water partition coefficient (Wildman–Crippen LogP) is 5.72. The number of ether oxygens (including phenoxy) is 2. The zero-order valence-electron chi connectivity index (χ0n) is 20.6. The summed E-state index contributed by atoms with van der Waals surface area (Å²) in [6.07, 6.45) is 10.6. The van der Waals surface area contributed by atoms with Crippen molar-refractivity contribution >= 4 is 29.9 Å². The number of nitrogens with one attached hydrogen (secondary N) is 1. The van der Waals surface area contributed by atoms with Crippen LogP contribution in [0.3, 0.4) is 0 Å². The van der Waals surface area contributed by atoms with Crippen molar-refractivity contribution in [3.8, 4) is 0 Å². The van der Waals surface area contributed by atoms with Gasteiger partial charge in [-0.2, -0.15) is 0 Å². The topological polar surface area (TPSA) is 46.1 Å². The average molecular weight is 570 g/mol. The average Bonchev–Trinajstić information content (AvgIpc) is 3.35. The molecule has 1 aliphatic carbocycles. The molecule has 1 aromatic carbocycles. The van der Waals surface area contributed by atoms with E-state index in [1.54, 1.807) is 0 Å². The van der Waals surface area contributed by atoms with Crippen molar-refractivity contribution in [2.75, 3.05) is 39.4 Å². The largest absolute Gasteiger partial charge is 0.378 e. The predicted molar refractivity (Wildman–Crippen MR) is 146 cm³/mol. The molecule has 4 rings (SSSR count). The first kappa shape index (κ1) is 26.7. The number of piperidine rings is 1. The Morgan fingerprint density at radius 1 is 1.06 bits per heavy atom. The quantitative estimate of drug-likeness (QED) is 0.259. The maximum absolute atomic E-state index is 6.28. The summed E-state index contributed by atoms with van der Waals surface area (Å²) in [6.45, 7) is 9.91. The van der Waals surface area contributed by atoms with Gasteiger partial charge in [-0.3, -0.25) is 4.99 Å². The van der Waals surface area contributed by atoms with Crippen LogP contribution in [0.15, 0.2) is 29.3 Å². The van der Waals surface area contributed by atoms with Crippen LogP contribution >= 0.6 is 24.0 Å². The van der Waals surface area contributed by atoms with E-state index < -0.39 is 0 Å². The molecule has 0 bridgehead atoms. The van der Waals surface area contributed by atoms with Gasteiger partial charge in [0.05, 0.1) is 12.2 Å². The third-order valence-electron chi connectivity index (χ3n) is 7.45. The standard InChI is InChI=1S/C27H43N3O2.HI/c1-3-28-27(30-16-14-25(15-17-30)32-20-22-7-4-5-8-22)29-19-24-9-6-18-31-26(24)23-12-10-21(2)11-13-23;/h10-13,22,24-26H,3-9,14-20H2,1-2H3,(H,28,29);1H. The molecular formula is C27H44IN3O2. The first-order chi connectivity index (χ1) is 15.7. The van der Waals surface area contributed by atoms with Crippen LogP contribution in [0.2, 0.25) is 0 Å². The molecule has 0 aromatic heterocycles. The van der Waals surface area contributed by atoms with E-state index in [4.69, 9.17) is 14.5 Å². The summed E-state index contributed by atoms with van der Waals surface area (Å²) in [7, 11) is 0. The van der Waals surface area contributed by atoms with Crippen LogP contribution in [0.1, 0.15) is 75.5 Å². The van der Waals surface area contributed by atoms with Crippen molar-refractivity contribution in [1.82, 2.24) is 10.2 Å². The van der Waals surface area contributed by atoms with Gasteiger partial charge in [0.1, 0.15) is 0 Å². The fraction of sp³-hybridized carbons (Fsp3) is 0.741. The summed E-state index contributed by atoms with van der Waals surface area (Å²) in [5, 5.41) is 3.54. The molecule has 3 aliphatic rings. The Balaban J connectivity index is 0.00000306. The lowest BCUT2D eigenvalue weighted by atomic mass is 9.89. The SMILES string of the molecule is CCNC(=NCC1CCCOC1c1ccc(C)cc1)N1CCC(OCC2CCCC2)CC1.I. The third kappa shape index (κ3) is 7.82. The first-order valence-electron chi connectivity index (χ1n) is 13.1. The molecule has 2 aliphatic heterocycles. The highest BCUT2D eigenvalue weighted by Crippen LogP contribution is 2.34. The lowest BCUT2D eigenvalue weighted by Gasteiger charge is -2.35. The van der Waals surface area contributed by atoms with Gasteiger partial charge in [0, 0.05) is 45.3 Å². The van der Waals surface area contributed by atoms with Crippen LogP contribution in [0.25, 0.3) is 0 Å². The van der Waals surface area contributed by atoms with Gasteiger partial charge in [0.2, 0.25) is 0 Å². The minimum absolute atomic E-state index is 0. The molecule has 5 nitrogen and oxygen atoms in total. The highest BCUT2D eigenvalue weighted by molar-refractivity contribution is 14.0. The van der Waals surface area contributed by atoms with E-state index in [2.05, 4.69) is 48.3 Å². The van der Waals surface area contributed by atoms with Gasteiger partial charge in [-0.1, -0.05) is 42.7 Å². The maximum atomic E-state index is 6.28. The zero-order valence-corrected chi connectivity index (χ0v) is 23.0. The van der Waals surface area contributed by atoms with E-state index in [-0.39, 0.29) is 30.1 Å². The van der Waals surface area contributed by atoms with Crippen LogP contribution in [-0.2, 0) is 9.47 Å². The van der Waals surface area contributed by atoms with E-state index in [1.165, 1.54) is 43.2 Å². The number of aryl methyl sites for hydroxylation is 1. The molecule has 1 saturated carbocycles. The molecule has 1 aromatic rings. The Morgan fingerprint density at radius 2 is 1.79 bits per heavy atom. The molecular weight excluding hydrogens is 525 g/mol.